The molecule has 7 heteroatoms. The van der Waals surface area contributed by atoms with Gasteiger partial charge in [0.1, 0.15) is 15.7 Å². The zero-order valence-corrected chi connectivity index (χ0v) is 17.1. The summed E-state index contributed by atoms with van der Waals surface area (Å²) in [6.45, 7) is 9.67. The maximum atomic E-state index is 13.2. The van der Waals surface area contributed by atoms with Gasteiger partial charge in [-0.1, -0.05) is 6.92 Å². The molecule has 26 heavy (non-hydrogen) atoms. The van der Waals surface area contributed by atoms with Crippen molar-refractivity contribution < 1.29 is 9.53 Å². The number of carbonyl (C=O) groups excluding carboxylic acids is 1. The van der Waals surface area contributed by atoms with Crippen LogP contribution in [0.4, 0.5) is 5.82 Å². The fourth-order valence-electron chi connectivity index (χ4n) is 3.87. The maximum absolute atomic E-state index is 13.2. The van der Waals surface area contributed by atoms with Crippen LogP contribution in [0.3, 0.4) is 0 Å². The molecule has 0 bridgehead atoms. The van der Waals surface area contributed by atoms with E-state index in [-0.39, 0.29) is 11.9 Å². The first-order chi connectivity index (χ1) is 12.6. The number of methoxy groups -OCH3 is 1. The number of ether oxygens (including phenoxy) is 1. The standard InChI is InChI=1S/C19H32N4O2S/c1-4-20-18-17(19(24)23-9-5-6-15(23)13-25-3)26-16(21-18)12-22-10-7-14(2)8-11-22/h14-15,20H,4-13H2,1-3H3. The second-order valence-corrected chi connectivity index (χ2v) is 8.61. The van der Waals surface area contributed by atoms with Crippen molar-refractivity contribution in [3.05, 3.63) is 9.88 Å². The molecule has 2 aliphatic rings. The highest BCUT2D eigenvalue weighted by molar-refractivity contribution is 7.14. The molecule has 0 radical (unpaired) electrons. The summed E-state index contributed by atoms with van der Waals surface area (Å²) in [7, 11) is 1.70. The molecule has 146 valence electrons. The fourth-order valence-corrected chi connectivity index (χ4v) is 4.91. The Morgan fingerprint density at radius 2 is 2.08 bits per heavy atom. The van der Waals surface area contributed by atoms with E-state index in [4.69, 9.17) is 9.72 Å². The summed E-state index contributed by atoms with van der Waals surface area (Å²) in [6, 6.07) is 0.191. The number of hydrogen-bond donors (Lipinski definition) is 1. The summed E-state index contributed by atoms with van der Waals surface area (Å²) >= 11 is 1.56. The fraction of sp³-hybridized carbons (Fsp3) is 0.789. The molecule has 3 heterocycles. The lowest BCUT2D eigenvalue weighted by atomic mass is 9.99. The Balaban J connectivity index is 1.73. The number of hydrogen-bond acceptors (Lipinski definition) is 6. The number of likely N-dealkylation sites (tertiary alicyclic amines) is 2. The molecular formula is C19H32N4O2S. The molecule has 0 aliphatic carbocycles. The molecule has 6 nitrogen and oxygen atoms in total. The van der Waals surface area contributed by atoms with Crippen LogP contribution in [0.15, 0.2) is 0 Å². The number of rotatable bonds is 7. The van der Waals surface area contributed by atoms with E-state index in [9.17, 15) is 4.79 Å². The number of nitrogens with zero attached hydrogens (tertiary/aromatic N) is 3. The summed E-state index contributed by atoms with van der Waals surface area (Å²) in [5, 5.41) is 4.34. The lowest BCUT2D eigenvalue weighted by Crippen LogP contribution is -2.38. The molecule has 1 N–H and O–H groups in total. The monoisotopic (exact) mass is 380 g/mol. The molecule has 2 fully saturated rings. The minimum Gasteiger partial charge on any atom is -0.383 e. The molecule has 1 unspecified atom stereocenters. The number of anilines is 1. The number of aromatic nitrogens is 1. The highest BCUT2D eigenvalue weighted by atomic mass is 32.1. The molecular weight excluding hydrogens is 348 g/mol. The largest absolute Gasteiger partial charge is 0.383 e. The molecule has 0 spiro atoms. The van der Waals surface area contributed by atoms with Gasteiger partial charge < -0.3 is 15.0 Å². The van der Waals surface area contributed by atoms with Gasteiger partial charge in [-0.25, -0.2) is 4.98 Å². The van der Waals surface area contributed by atoms with E-state index in [0.717, 1.165) is 67.2 Å². The molecule has 2 saturated heterocycles. The lowest BCUT2D eigenvalue weighted by molar-refractivity contribution is 0.0636. The Kier molecular flexibility index (Phi) is 6.89. The zero-order chi connectivity index (χ0) is 18.5. The first-order valence-electron chi connectivity index (χ1n) is 9.88. The number of piperidine rings is 1. The van der Waals surface area contributed by atoms with E-state index >= 15 is 0 Å². The minimum atomic E-state index is 0.108. The van der Waals surface area contributed by atoms with Crippen molar-refractivity contribution in [2.45, 2.75) is 52.1 Å². The highest BCUT2D eigenvalue weighted by Crippen LogP contribution is 2.30. The lowest BCUT2D eigenvalue weighted by Gasteiger charge is -2.29. The van der Waals surface area contributed by atoms with Gasteiger partial charge in [-0.05, 0) is 51.6 Å². The second-order valence-electron chi connectivity index (χ2n) is 7.52. The van der Waals surface area contributed by atoms with Gasteiger partial charge in [0.15, 0.2) is 0 Å². The molecule has 0 saturated carbocycles. The average Bonchev–Trinajstić information content (AvgIpc) is 3.24. The van der Waals surface area contributed by atoms with Crippen LogP contribution in [0.2, 0.25) is 0 Å². The Morgan fingerprint density at radius 1 is 1.31 bits per heavy atom. The van der Waals surface area contributed by atoms with Crippen LogP contribution in [0.1, 0.15) is 54.2 Å². The predicted octanol–water partition coefficient (Wildman–Crippen LogP) is 3.06. The Hall–Kier alpha value is -1.18. The second kappa shape index (κ2) is 9.15. The number of carbonyl (C=O) groups is 1. The van der Waals surface area contributed by atoms with E-state index < -0.39 is 0 Å². The number of thiazole rings is 1. The number of amides is 1. The molecule has 3 rings (SSSR count). The van der Waals surface area contributed by atoms with Gasteiger partial charge in [0.2, 0.25) is 0 Å². The Labute approximate surface area is 160 Å². The van der Waals surface area contributed by atoms with Crippen molar-refractivity contribution in [2.24, 2.45) is 5.92 Å². The van der Waals surface area contributed by atoms with Crippen molar-refractivity contribution in [1.82, 2.24) is 14.8 Å². The van der Waals surface area contributed by atoms with Gasteiger partial charge in [0.25, 0.3) is 5.91 Å². The van der Waals surface area contributed by atoms with Crippen molar-refractivity contribution in [3.63, 3.8) is 0 Å². The van der Waals surface area contributed by atoms with E-state index in [2.05, 4.69) is 17.1 Å². The highest BCUT2D eigenvalue weighted by Gasteiger charge is 2.32. The topological polar surface area (TPSA) is 57.7 Å². The SMILES string of the molecule is CCNc1nc(CN2CCC(C)CC2)sc1C(=O)N1CCCC1COC. The molecule has 1 aromatic heterocycles. The number of nitrogens with one attached hydrogen (secondary N) is 1. The summed E-state index contributed by atoms with van der Waals surface area (Å²) in [4.78, 5) is 23.1. The first-order valence-corrected chi connectivity index (χ1v) is 10.7. The predicted molar refractivity (Wildman–Crippen MR) is 106 cm³/mol. The van der Waals surface area contributed by atoms with Crippen LogP contribution in [0.5, 0.6) is 0 Å². The van der Waals surface area contributed by atoms with Crippen LogP contribution in [-0.4, -0.2) is 66.6 Å². The van der Waals surface area contributed by atoms with Gasteiger partial charge >= 0.3 is 0 Å². The van der Waals surface area contributed by atoms with Crippen LogP contribution < -0.4 is 5.32 Å². The van der Waals surface area contributed by atoms with E-state index in [1.54, 1.807) is 18.4 Å². The Bertz CT molecular complexity index is 598. The van der Waals surface area contributed by atoms with Gasteiger partial charge in [0, 0.05) is 20.2 Å². The van der Waals surface area contributed by atoms with Crippen LogP contribution in [-0.2, 0) is 11.3 Å². The van der Waals surface area contributed by atoms with Crippen LogP contribution >= 0.6 is 11.3 Å². The summed E-state index contributed by atoms with van der Waals surface area (Å²) < 4.78 is 5.31. The van der Waals surface area contributed by atoms with Gasteiger partial charge in [-0.15, -0.1) is 11.3 Å². The third-order valence-corrected chi connectivity index (χ3v) is 6.47. The van der Waals surface area contributed by atoms with Gasteiger partial charge in [0.05, 0.1) is 19.2 Å². The van der Waals surface area contributed by atoms with Crippen molar-refractivity contribution in [2.75, 3.05) is 45.2 Å². The van der Waals surface area contributed by atoms with Crippen molar-refractivity contribution >= 4 is 23.1 Å². The summed E-state index contributed by atoms with van der Waals surface area (Å²) in [5.74, 6) is 1.69. The van der Waals surface area contributed by atoms with Crippen molar-refractivity contribution in [3.8, 4) is 0 Å². The first kappa shape index (κ1) is 19.6. The minimum absolute atomic E-state index is 0.108. The van der Waals surface area contributed by atoms with E-state index in [1.165, 1.54) is 12.8 Å². The average molecular weight is 381 g/mol. The van der Waals surface area contributed by atoms with E-state index in [0.29, 0.717) is 6.61 Å². The third kappa shape index (κ3) is 4.56. The summed E-state index contributed by atoms with van der Waals surface area (Å²) in [5.41, 5.74) is 0. The molecule has 1 atom stereocenters. The van der Waals surface area contributed by atoms with Crippen LogP contribution in [0, 0.1) is 5.92 Å². The van der Waals surface area contributed by atoms with Crippen molar-refractivity contribution in [1.29, 1.82) is 0 Å². The van der Waals surface area contributed by atoms with Gasteiger partial charge in [-0.3, -0.25) is 9.69 Å². The smallest absolute Gasteiger partial charge is 0.268 e. The summed E-state index contributed by atoms with van der Waals surface area (Å²) in [6.07, 6.45) is 4.58. The molecule has 2 aliphatic heterocycles. The Morgan fingerprint density at radius 3 is 2.77 bits per heavy atom. The maximum Gasteiger partial charge on any atom is 0.268 e. The normalized spacial score (nSPS) is 22.1. The van der Waals surface area contributed by atoms with Gasteiger partial charge in [-0.2, -0.15) is 0 Å². The van der Waals surface area contributed by atoms with Crippen LogP contribution in [0.25, 0.3) is 0 Å². The third-order valence-electron chi connectivity index (χ3n) is 5.44. The zero-order valence-electron chi connectivity index (χ0n) is 16.3. The quantitative estimate of drug-likeness (QED) is 0.788. The van der Waals surface area contributed by atoms with E-state index in [1.807, 2.05) is 11.8 Å². The molecule has 1 amide bonds. The molecule has 0 aromatic carbocycles. The molecule has 1 aromatic rings.